The van der Waals surface area contributed by atoms with Gasteiger partial charge in [0.05, 0.1) is 0 Å². The van der Waals surface area contributed by atoms with Gasteiger partial charge in [0.15, 0.2) is 5.66 Å². The first kappa shape index (κ1) is 7.95. The van der Waals surface area contributed by atoms with Gasteiger partial charge in [0.1, 0.15) is 0 Å². The minimum Gasteiger partial charge on any atom is -0.328 e. The second-order valence-electron chi connectivity index (χ2n) is 3.02. The van der Waals surface area contributed by atoms with Crippen LogP contribution < -0.4 is 5.73 Å². The van der Waals surface area contributed by atoms with Crippen LogP contribution in [0.25, 0.3) is 0 Å². The van der Waals surface area contributed by atoms with Gasteiger partial charge in [0.25, 0.3) is 0 Å². The Morgan fingerprint density at radius 3 is 2.10 bits per heavy atom. The Kier molecular flexibility index (Phi) is 1.97. The molecular formula is C6H12ClN3. The SMILES string of the molecule is Cl.NC1CCC2(CC1)N=N2. The maximum atomic E-state index is 5.70. The van der Waals surface area contributed by atoms with Gasteiger partial charge in [-0.1, -0.05) is 0 Å². The summed E-state index contributed by atoms with van der Waals surface area (Å²) in [6.45, 7) is 0. The summed E-state index contributed by atoms with van der Waals surface area (Å²) in [5, 5.41) is 7.99. The first-order chi connectivity index (χ1) is 4.31. The molecular weight excluding hydrogens is 150 g/mol. The van der Waals surface area contributed by atoms with E-state index in [0.717, 1.165) is 25.7 Å². The van der Waals surface area contributed by atoms with E-state index < -0.39 is 0 Å². The van der Waals surface area contributed by atoms with E-state index >= 15 is 0 Å². The molecule has 0 aromatic heterocycles. The van der Waals surface area contributed by atoms with Crippen molar-refractivity contribution in [3.63, 3.8) is 0 Å². The fourth-order valence-corrected chi connectivity index (χ4v) is 1.37. The van der Waals surface area contributed by atoms with Crippen LogP contribution in [0.4, 0.5) is 0 Å². The molecule has 58 valence electrons. The summed E-state index contributed by atoms with van der Waals surface area (Å²) >= 11 is 0. The van der Waals surface area contributed by atoms with Gasteiger partial charge in [-0.05, 0) is 25.7 Å². The van der Waals surface area contributed by atoms with Crippen LogP contribution in [0, 0.1) is 0 Å². The first-order valence-corrected chi connectivity index (χ1v) is 3.50. The molecule has 3 nitrogen and oxygen atoms in total. The number of nitrogens with two attached hydrogens (primary N) is 1. The molecule has 1 aliphatic heterocycles. The minimum atomic E-state index is 0. The highest BCUT2D eigenvalue weighted by molar-refractivity contribution is 5.85. The molecule has 0 amide bonds. The smallest absolute Gasteiger partial charge is 0.191 e. The predicted molar refractivity (Wildman–Crippen MR) is 41.3 cm³/mol. The van der Waals surface area contributed by atoms with Crippen molar-refractivity contribution in [2.45, 2.75) is 37.4 Å². The Bertz CT molecular complexity index is 141. The van der Waals surface area contributed by atoms with Crippen LogP contribution in [-0.4, -0.2) is 11.7 Å². The molecule has 2 aliphatic rings. The molecule has 2 rings (SSSR count). The molecule has 2 N–H and O–H groups in total. The first-order valence-electron chi connectivity index (χ1n) is 3.50. The molecule has 0 radical (unpaired) electrons. The van der Waals surface area contributed by atoms with Gasteiger partial charge in [0, 0.05) is 6.04 Å². The third-order valence-corrected chi connectivity index (χ3v) is 2.21. The van der Waals surface area contributed by atoms with Crippen molar-refractivity contribution in [2.75, 3.05) is 0 Å². The van der Waals surface area contributed by atoms with Crippen molar-refractivity contribution < 1.29 is 0 Å². The van der Waals surface area contributed by atoms with Crippen molar-refractivity contribution in [2.24, 2.45) is 16.0 Å². The Morgan fingerprint density at radius 1 is 1.20 bits per heavy atom. The predicted octanol–water partition coefficient (Wildman–Crippen LogP) is 1.47. The summed E-state index contributed by atoms with van der Waals surface area (Å²) in [4.78, 5) is 0. The fourth-order valence-electron chi connectivity index (χ4n) is 1.37. The zero-order valence-corrected chi connectivity index (χ0v) is 6.60. The molecule has 0 atom stereocenters. The average Bonchev–Trinajstić information content (AvgIpc) is 2.60. The van der Waals surface area contributed by atoms with Gasteiger partial charge >= 0.3 is 0 Å². The third-order valence-electron chi connectivity index (χ3n) is 2.21. The van der Waals surface area contributed by atoms with Crippen molar-refractivity contribution in [1.29, 1.82) is 0 Å². The fraction of sp³-hybridized carbons (Fsp3) is 1.00. The van der Waals surface area contributed by atoms with Crippen LogP contribution in [0.1, 0.15) is 25.7 Å². The molecule has 0 aromatic carbocycles. The molecule has 0 saturated heterocycles. The van der Waals surface area contributed by atoms with E-state index in [4.69, 9.17) is 5.73 Å². The highest BCUT2D eigenvalue weighted by Gasteiger charge is 2.42. The Labute approximate surface area is 66.5 Å². The molecule has 0 bridgehead atoms. The standard InChI is InChI=1S/C6H11N3.ClH/c7-5-1-3-6(4-2-5)8-9-6;/h5H,1-4,7H2;1H. The number of hydrogen-bond donors (Lipinski definition) is 1. The number of rotatable bonds is 0. The lowest BCUT2D eigenvalue weighted by Crippen LogP contribution is -2.30. The van der Waals surface area contributed by atoms with E-state index in [1.165, 1.54) is 0 Å². The van der Waals surface area contributed by atoms with Crippen LogP contribution in [0.2, 0.25) is 0 Å². The topological polar surface area (TPSA) is 50.7 Å². The molecule has 1 saturated carbocycles. The normalized spacial score (nSPS) is 28.1. The van der Waals surface area contributed by atoms with Crippen LogP contribution in [-0.2, 0) is 0 Å². The van der Waals surface area contributed by atoms with Gasteiger partial charge in [-0.25, -0.2) is 0 Å². The summed E-state index contributed by atoms with van der Waals surface area (Å²) in [6, 6.07) is 0.418. The zero-order valence-electron chi connectivity index (χ0n) is 5.79. The lowest BCUT2D eigenvalue weighted by atomic mass is 9.89. The quantitative estimate of drug-likeness (QED) is 0.575. The number of nitrogens with zero attached hydrogens (tertiary/aromatic N) is 2. The molecule has 0 aromatic rings. The maximum Gasteiger partial charge on any atom is 0.191 e. The van der Waals surface area contributed by atoms with E-state index in [1.54, 1.807) is 0 Å². The van der Waals surface area contributed by atoms with Gasteiger partial charge in [-0.15, -0.1) is 12.4 Å². The average molecular weight is 162 g/mol. The number of hydrogen-bond acceptors (Lipinski definition) is 3. The minimum absolute atomic E-state index is 0. The van der Waals surface area contributed by atoms with Crippen LogP contribution in [0.15, 0.2) is 10.2 Å². The van der Waals surface area contributed by atoms with Crippen molar-refractivity contribution >= 4 is 12.4 Å². The second-order valence-corrected chi connectivity index (χ2v) is 3.02. The zero-order chi connectivity index (χ0) is 6.32. The highest BCUT2D eigenvalue weighted by atomic mass is 35.5. The van der Waals surface area contributed by atoms with Crippen molar-refractivity contribution in [3.8, 4) is 0 Å². The van der Waals surface area contributed by atoms with E-state index in [1.807, 2.05) is 0 Å². The Hall–Kier alpha value is -0.150. The Balaban J connectivity index is 0.000000500. The van der Waals surface area contributed by atoms with Crippen LogP contribution in [0.3, 0.4) is 0 Å². The molecule has 1 heterocycles. The molecule has 1 spiro atoms. The summed E-state index contributed by atoms with van der Waals surface area (Å²) in [6.07, 6.45) is 4.39. The lowest BCUT2D eigenvalue weighted by molar-refractivity contribution is 0.357. The van der Waals surface area contributed by atoms with E-state index in [-0.39, 0.29) is 18.1 Å². The third kappa shape index (κ3) is 1.30. The van der Waals surface area contributed by atoms with Gasteiger partial charge in [-0.3, -0.25) is 0 Å². The largest absolute Gasteiger partial charge is 0.328 e. The summed E-state index contributed by atoms with van der Waals surface area (Å²) in [7, 11) is 0. The molecule has 1 fully saturated rings. The van der Waals surface area contributed by atoms with Gasteiger partial charge in [-0.2, -0.15) is 10.2 Å². The summed E-state index contributed by atoms with van der Waals surface area (Å²) < 4.78 is 0. The highest BCUT2D eigenvalue weighted by Crippen LogP contribution is 2.41. The van der Waals surface area contributed by atoms with Crippen molar-refractivity contribution in [1.82, 2.24) is 0 Å². The monoisotopic (exact) mass is 161 g/mol. The molecule has 4 heteroatoms. The van der Waals surface area contributed by atoms with Gasteiger partial charge in [0.2, 0.25) is 0 Å². The van der Waals surface area contributed by atoms with Crippen molar-refractivity contribution in [3.05, 3.63) is 0 Å². The van der Waals surface area contributed by atoms with Crippen LogP contribution in [0.5, 0.6) is 0 Å². The maximum absolute atomic E-state index is 5.70. The second kappa shape index (κ2) is 2.47. The molecule has 10 heavy (non-hydrogen) atoms. The van der Waals surface area contributed by atoms with E-state index in [2.05, 4.69) is 10.2 Å². The van der Waals surface area contributed by atoms with E-state index in [0.29, 0.717) is 6.04 Å². The summed E-state index contributed by atoms with van der Waals surface area (Å²) in [5.74, 6) is 0. The number of halogens is 1. The van der Waals surface area contributed by atoms with E-state index in [9.17, 15) is 0 Å². The Morgan fingerprint density at radius 2 is 1.70 bits per heavy atom. The lowest BCUT2D eigenvalue weighted by Gasteiger charge is -2.21. The van der Waals surface area contributed by atoms with Crippen LogP contribution >= 0.6 is 12.4 Å². The van der Waals surface area contributed by atoms with Gasteiger partial charge < -0.3 is 5.73 Å². The molecule has 0 unspecified atom stereocenters. The summed E-state index contributed by atoms with van der Waals surface area (Å²) in [5.41, 5.74) is 5.78. The molecule has 1 aliphatic carbocycles.